The lowest BCUT2D eigenvalue weighted by atomic mass is 10.2. The first-order valence-electron chi connectivity index (χ1n) is 5.50. The number of aromatic nitrogens is 1. The number of rotatable bonds is 3. The normalized spacial score (nSPS) is 11.0. The molecule has 17 heavy (non-hydrogen) atoms. The zero-order chi connectivity index (χ0) is 12.4. The number of nitrogens with two attached hydrogens (primary N) is 1. The molecule has 0 aliphatic heterocycles. The average Bonchev–Trinajstić information content (AvgIpc) is 2.64. The summed E-state index contributed by atoms with van der Waals surface area (Å²) in [6.45, 7) is 4.81. The molecule has 5 heteroatoms. The van der Waals surface area contributed by atoms with Gasteiger partial charge in [0.15, 0.2) is 5.13 Å². The van der Waals surface area contributed by atoms with Crippen LogP contribution in [0.4, 0.5) is 5.13 Å². The summed E-state index contributed by atoms with van der Waals surface area (Å²) in [5.41, 5.74) is 7.12. The van der Waals surface area contributed by atoms with Crippen molar-refractivity contribution in [2.75, 3.05) is 12.3 Å². The number of hydrogen-bond acceptors (Lipinski definition) is 4. The van der Waals surface area contributed by atoms with Gasteiger partial charge in [-0.1, -0.05) is 25.2 Å². The number of fused-ring (bicyclic) bond motifs is 1. The fourth-order valence-electron chi connectivity index (χ4n) is 1.48. The quantitative estimate of drug-likeness (QED) is 0.876. The van der Waals surface area contributed by atoms with E-state index in [9.17, 15) is 4.79 Å². The number of thiazole rings is 1. The van der Waals surface area contributed by atoms with Gasteiger partial charge in [-0.3, -0.25) is 4.79 Å². The fraction of sp³-hybridized carbons (Fsp3) is 0.333. The summed E-state index contributed by atoms with van der Waals surface area (Å²) in [7, 11) is 0. The third-order valence-electron chi connectivity index (χ3n) is 2.34. The van der Waals surface area contributed by atoms with Gasteiger partial charge in [0, 0.05) is 12.1 Å². The summed E-state index contributed by atoms with van der Waals surface area (Å²) in [5.74, 6) is 0.398. The first kappa shape index (κ1) is 11.9. The third-order valence-corrected chi connectivity index (χ3v) is 3.19. The SMILES string of the molecule is CC(C)CNC(=O)c1ccc2nc(N)sc2c1. The maximum absolute atomic E-state index is 11.8. The van der Waals surface area contributed by atoms with Crippen LogP contribution in [0.1, 0.15) is 24.2 Å². The van der Waals surface area contributed by atoms with Crippen LogP contribution in [-0.4, -0.2) is 17.4 Å². The lowest BCUT2D eigenvalue weighted by Crippen LogP contribution is -2.27. The Balaban J connectivity index is 2.20. The molecule has 1 aromatic heterocycles. The van der Waals surface area contributed by atoms with Crippen LogP contribution in [0.5, 0.6) is 0 Å². The topological polar surface area (TPSA) is 68.0 Å². The Kier molecular flexibility index (Phi) is 3.28. The highest BCUT2D eigenvalue weighted by Crippen LogP contribution is 2.24. The van der Waals surface area contributed by atoms with Crippen LogP contribution in [0.15, 0.2) is 18.2 Å². The largest absolute Gasteiger partial charge is 0.375 e. The van der Waals surface area contributed by atoms with Crippen LogP contribution in [0.25, 0.3) is 10.2 Å². The summed E-state index contributed by atoms with van der Waals surface area (Å²) in [5, 5.41) is 3.41. The molecule has 0 atom stereocenters. The van der Waals surface area contributed by atoms with Crippen LogP contribution >= 0.6 is 11.3 Å². The first-order chi connectivity index (χ1) is 8.06. The number of benzene rings is 1. The maximum Gasteiger partial charge on any atom is 0.251 e. The molecule has 0 radical (unpaired) electrons. The van der Waals surface area contributed by atoms with E-state index >= 15 is 0 Å². The van der Waals surface area contributed by atoms with Gasteiger partial charge in [-0.15, -0.1) is 0 Å². The van der Waals surface area contributed by atoms with Crippen LogP contribution in [0.2, 0.25) is 0 Å². The Morgan fingerprint density at radius 2 is 2.29 bits per heavy atom. The molecule has 0 bridgehead atoms. The van der Waals surface area contributed by atoms with Crippen molar-refractivity contribution in [2.45, 2.75) is 13.8 Å². The fourth-order valence-corrected chi connectivity index (χ4v) is 2.26. The molecule has 3 N–H and O–H groups in total. The highest BCUT2D eigenvalue weighted by Gasteiger charge is 2.08. The van der Waals surface area contributed by atoms with E-state index in [1.807, 2.05) is 12.1 Å². The Labute approximate surface area is 104 Å². The van der Waals surface area contributed by atoms with E-state index in [2.05, 4.69) is 24.1 Å². The van der Waals surface area contributed by atoms with Crippen molar-refractivity contribution in [1.29, 1.82) is 0 Å². The number of carbonyl (C=O) groups is 1. The molecule has 1 heterocycles. The Morgan fingerprint density at radius 1 is 1.53 bits per heavy atom. The zero-order valence-corrected chi connectivity index (χ0v) is 10.7. The van der Waals surface area contributed by atoms with E-state index in [0.29, 0.717) is 23.2 Å². The summed E-state index contributed by atoms with van der Waals surface area (Å²) in [6.07, 6.45) is 0. The van der Waals surface area contributed by atoms with Crippen molar-refractivity contribution in [1.82, 2.24) is 10.3 Å². The van der Waals surface area contributed by atoms with E-state index in [1.54, 1.807) is 6.07 Å². The second-order valence-electron chi connectivity index (χ2n) is 4.34. The molecule has 1 amide bonds. The zero-order valence-electron chi connectivity index (χ0n) is 9.86. The van der Waals surface area contributed by atoms with Crippen molar-refractivity contribution in [3.63, 3.8) is 0 Å². The summed E-state index contributed by atoms with van der Waals surface area (Å²) >= 11 is 1.39. The molecule has 0 aliphatic rings. The average molecular weight is 249 g/mol. The highest BCUT2D eigenvalue weighted by atomic mass is 32.1. The number of amides is 1. The molecule has 1 aromatic carbocycles. The lowest BCUT2D eigenvalue weighted by molar-refractivity contribution is 0.0949. The molecule has 0 unspecified atom stereocenters. The molecule has 0 fully saturated rings. The Hall–Kier alpha value is -1.62. The minimum absolute atomic E-state index is 0.0485. The van der Waals surface area contributed by atoms with Gasteiger partial charge in [0.2, 0.25) is 0 Å². The molecule has 0 spiro atoms. The van der Waals surface area contributed by atoms with Crippen molar-refractivity contribution in [2.24, 2.45) is 5.92 Å². The summed E-state index contributed by atoms with van der Waals surface area (Å²) in [4.78, 5) is 16.0. The number of nitrogens with zero attached hydrogens (tertiary/aromatic N) is 1. The monoisotopic (exact) mass is 249 g/mol. The van der Waals surface area contributed by atoms with Gasteiger partial charge in [0.1, 0.15) is 0 Å². The van der Waals surface area contributed by atoms with Crippen LogP contribution in [0, 0.1) is 5.92 Å². The summed E-state index contributed by atoms with van der Waals surface area (Å²) in [6, 6.07) is 5.43. The van der Waals surface area contributed by atoms with Gasteiger partial charge >= 0.3 is 0 Å². The number of hydrogen-bond donors (Lipinski definition) is 2. The van der Waals surface area contributed by atoms with Crippen molar-refractivity contribution in [3.8, 4) is 0 Å². The van der Waals surface area contributed by atoms with Gasteiger partial charge in [0.05, 0.1) is 10.2 Å². The van der Waals surface area contributed by atoms with Crippen molar-refractivity contribution >= 4 is 32.6 Å². The predicted molar refractivity (Wildman–Crippen MR) is 71.2 cm³/mol. The molecule has 4 nitrogen and oxygen atoms in total. The van der Waals surface area contributed by atoms with Gasteiger partial charge in [-0.05, 0) is 24.1 Å². The molecular weight excluding hydrogens is 234 g/mol. The van der Waals surface area contributed by atoms with Crippen LogP contribution in [-0.2, 0) is 0 Å². The van der Waals surface area contributed by atoms with Crippen molar-refractivity contribution < 1.29 is 4.79 Å². The van der Waals surface area contributed by atoms with Crippen LogP contribution in [0.3, 0.4) is 0 Å². The smallest absolute Gasteiger partial charge is 0.251 e. The number of carbonyl (C=O) groups excluding carboxylic acids is 1. The Morgan fingerprint density at radius 3 is 3.00 bits per heavy atom. The number of anilines is 1. The van der Waals surface area contributed by atoms with E-state index in [0.717, 1.165) is 10.2 Å². The predicted octanol–water partition coefficient (Wildman–Crippen LogP) is 2.26. The number of nitrogens with one attached hydrogen (secondary N) is 1. The van der Waals surface area contributed by atoms with Crippen LogP contribution < -0.4 is 11.1 Å². The molecule has 0 saturated carbocycles. The molecule has 2 aromatic rings. The van der Waals surface area contributed by atoms with Gasteiger partial charge in [-0.2, -0.15) is 0 Å². The highest BCUT2D eigenvalue weighted by molar-refractivity contribution is 7.22. The Bertz CT molecular complexity index is 548. The first-order valence-corrected chi connectivity index (χ1v) is 6.32. The molecule has 0 aliphatic carbocycles. The molecule has 0 saturated heterocycles. The van der Waals surface area contributed by atoms with E-state index < -0.39 is 0 Å². The third kappa shape index (κ3) is 2.74. The van der Waals surface area contributed by atoms with Crippen molar-refractivity contribution in [3.05, 3.63) is 23.8 Å². The lowest BCUT2D eigenvalue weighted by Gasteiger charge is -2.07. The molecule has 90 valence electrons. The van der Waals surface area contributed by atoms with Gasteiger partial charge in [-0.25, -0.2) is 4.98 Å². The van der Waals surface area contributed by atoms with E-state index in [1.165, 1.54) is 11.3 Å². The summed E-state index contributed by atoms with van der Waals surface area (Å²) < 4.78 is 0.944. The van der Waals surface area contributed by atoms with Gasteiger partial charge in [0.25, 0.3) is 5.91 Å². The maximum atomic E-state index is 11.8. The molecular formula is C12H15N3OS. The van der Waals surface area contributed by atoms with Gasteiger partial charge < -0.3 is 11.1 Å². The minimum atomic E-state index is -0.0485. The minimum Gasteiger partial charge on any atom is -0.375 e. The second kappa shape index (κ2) is 4.71. The number of nitrogen functional groups attached to an aromatic ring is 1. The standard InChI is InChI=1S/C12H15N3OS/c1-7(2)6-14-11(16)8-3-4-9-10(5-8)17-12(13)15-9/h3-5,7H,6H2,1-2H3,(H2,13,15)(H,14,16). The van der Waals surface area contributed by atoms with E-state index in [4.69, 9.17) is 5.73 Å². The second-order valence-corrected chi connectivity index (χ2v) is 5.40. The van der Waals surface area contributed by atoms with E-state index in [-0.39, 0.29) is 5.91 Å². The molecule has 2 rings (SSSR count).